The molecule has 1 N–H and O–H groups in total. The maximum Gasteiger partial charge on any atom is 0.409 e. The lowest BCUT2D eigenvalue weighted by atomic mass is 10.1. The van der Waals surface area contributed by atoms with Crippen LogP contribution in [0.25, 0.3) is 0 Å². The first kappa shape index (κ1) is 16.2. The number of likely N-dealkylation sites (tertiary alicyclic amines) is 1. The number of nitrogens with zero attached hydrogens (tertiary/aromatic N) is 3. The third-order valence-electron chi connectivity index (χ3n) is 3.61. The Bertz CT molecular complexity index is 487. The molecule has 1 aliphatic rings. The second kappa shape index (κ2) is 8.31. The topological polar surface area (TPSA) is 84.4 Å². The van der Waals surface area contributed by atoms with Crippen molar-refractivity contribution in [1.29, 1.82) is 0 Å². The molecule has 7 heteroatoms. The lowest BCUT2D eigenvalue weighted by Crippen LogP contribution is -2.46. The Kier molecular flexibility index (Phi) is 6.12. The Morgan fingerprint density at radius 3 is 2.77 bits per heavy atom. The summed E-state index contributed by atoms with van der Waals surface area (Å²) in [7, 11) is 0. The van der Waals surface area contributed by atoms with Crippen molar-refractivity contribution in [2.45, 2.75) is 38.6 Å². The van der Waals surface area contributed by atoms with Crippen LogP contribution in [0.2, 0.25) is 0 Å². The van der Waals surface area contributed by atoms with E-state index in [0.29, 0.717) is 25.4 Å². The van der Waals surface area contributed by atoms with Crippen LogP contribution in [0.1, 0.15) is 43.1 Å². The van der Waals surface area contributed by atoms with Gasteiger partial charge in [0.15, 0.2) is 0 Å². The Morgan fingerprint density at radius 1 is 1.36 bits per heavy atom. The molecule has 0 atom stereocenters. The summed E-state index contributed by atoms with van der Waals surface area (Å²) < 4.78 is 5.19. The molecule has 0 radical (unpaired) electrons. The predicted molar refractivity (Wildman–Crippen MR) is 80.3 cm³/mol. The minimum atomic E-state index is -0.257. The van der Waals surface area contributed by atoms with Gasteiger partial charge in [0, 0.05) is 31.5 Å². The minimum absolute atomic E-state index is 0.0502. The second-order valence-electron chi connectivity index (χ2n) is 5.29. The average Bonchev–Trinajstić information content (AvgIpc) is 2.56. The highest BCUT2D eigenvalue weighted by Gasteiger charge is 2.25. The number of hydrogen-bond donors (Lipinski definition) is 1. The molecule has 1 aromatic rings. The van der Waals surface area contributed by atoms with Crippen molar-refractivity contribution in [2.24, 2.45) is 0 Å². The van der Waals surface area contributed by atoms with E-state index in [9.17, 15) is 9.59 Å². The molecule has 0 unspecified atom stereocenters. The van der Waals surface area contributed by atoms with Crippen LogP contribution in [0.15, 0.2) is 18.6 Å². The highest BCUT2D eigenvalue weighted by atomic mass is 16.6. The first-order valence-electron chi connectivity index (χ1n) is 7.69. The minimum Gasteiger partial charge on any atom is -0.449 e. The largest absolute Gasteiger partial charge is 0.449 e. The molecule has 1 aliphatic heterocycles. The highest BCUT2D eigenvalue weighted by Crippen LogP contribution is 2.12. The van der Waals surface area contributed by atoms with E-state index in [4.69, 9.17) is 4.74 Å². The molecule has 2 heterocycles. The van der Waals surface area contributed by atoms with E-state index in [1.807, 2.05) is 0 Å². The van der Waals surface area contributed by atoms with E-state index >= 15 is 0 Å². The number of piperidine rings is 1. The third-order valence-corrected chi connectivity index (χ3v) is 3.61. The fourth-order valence-electron chi connectivity index (χ4n) is 2.28. The molecular formula is C15H22N4O3. The van der Waals surface area contributed by atoms with Crippen LogP contribution < -0.4 is 5.32 Å². The Labute approximate surface area is 130 Å². The zero-order chi connectivity index (χ0) is 15.8. The van der Waals surface area contributed by atoms with Crippen LogP contribution in [-0.4, -0.2) is 52.6 Å². The van der Waals surface area contributed by atoms with Crippen molar-refractivity contribution in [3.8, 4) is 0 Å². The van der Waals surface area contributed by atoms with Crippen molar-refractivity contribution < 1.29 is 14.3 Å². The van der Waals surface area contributed by atoms with Gasteiger partial charge in [-0.1, -0.05) is 13.3 Å². The van der Waals surface area contributed by atoms with Gasteiger partial charge in [-0.15, -0.1) is 0 Å². The average molecular weight is 306 g/mol. The lowest BCUT2D eigenvalue weighted by molar-refractivity contribution is 0.0833. The van der Waals surface area contributed by atoms with Gasteiger partial charge in [-0.25, -0.2) is 9.78 Å². The zero-order valence-electron chi connectivity index (χ0n) is 12.8. The van der Waals surface area contributed by atoms with E-state index in [-0.39, 0.29) is 18.0 Å². The van der Waals surface area contributed by atoms with Crippen LogP contribution in [0.4, 0.5) is 4.79 Å². The molecule has 0 bridgehead atoms. The fourth-order valence-corrected chi connectivity index (χ4v) is 2.28. The molecule has 2 amide bonds. The summed E-state index contributed by atoms with van der Waals surface area (Å²) in [6.07, 6.45) is 7.52. The summed E-state index contributed by atoms with van der Waals surface area (Å²) in [6.45, 7) is 3.71. The van der Waals surface area contributed by atoms with Gasteiger partial charge in [-0.3, -0.25) is 9.78 Å². The van der Waals surface area contributed by atoms with E-state index in [1.54, 1.807) is 4.90 Å². The van der Waals surface area contributed by atoms with Crippen LogP contribution in [0, 0.1) is 0 Å². The predicted octanol–water partition coefficient (Wildman–Crippen LogP) is 1.61. The number of ether oxygens (including phenoxy) is 1. The van der Waals surface area contributed by atoms with E-state index in [0.717, 1.165) is 25.7 Å². The normalized spacial score (nSPS) is 15.4. The number of hydrogen-bond acceptors (Lipinski definition) is 5. The third kappa shape index (κ3) is 4.68. The second-order valence-corrected chi connectivity index (χ2v) is 5.29. The van der Waals surface area contributed by atoms with Gasteiger partial charge in [-0.05, 0) is 19.3 Å². The van der Waals surface area contributed by atoms with Crippen LogP contribution in [0.3, 0.4) is 0 Å². The molecule has 0 saturated carbocycles. The van der Waals surface area contributed by atoms with Crippen molar-refractivity contribution >= 4 is 12.0 Å². The summed E-state index contributed by atoms with van der Waals surface area (Å²) in [6, 6.07) is 0.0502. The SMILES string of the molecule is CCCCOC(=O)N1CCC(NC(=O)c2cnccn2)CC1. The quantitative estimate of drug-likeness (QED) is 0.835. The van der Waals surface area contributed by atoms with Crippen LogP contribution >= 0.6 is 0 Å². The smallest absolute Gasteiger partial charge is 0.409 e. The van der Waals surface area contributed by atoms with Crippen molar-refractivity contribution in [3.05, 3.63) is 24.3 Å². The number of carbonyl (C=O) groups excluding carboxylic acids is 2. The van der Waals surface area contributed by atoms with Gasteiger partial charge in [0.25, 0.3) is 5.91 Å². The van der Waals surface area contributed by atoms with Crippen LogP contribution in [0.5, 0.6) is 0 Å². The Morgan fingerprint density at radius 2 is 2.14 bits per heavy atom. The molecule has 0 aliphatic carbocycles. The van der Waals surface area contributed by atoms with Gasteiger partial charge in [0.1, 0.15) is 5.69 Å². The number of carbonyl (C=O) groups is 2. The molecule has 0 spiro atoms. The molecule has 1 fully saturated rings. The standard InChI is InChI=1S/C15H22N4O3/c1-2-3-10-22-15(21)19-8-4-12(5-9-19)18-14(20)13-11-16-6-7-17-13/h6-7,11-12H,2-5,8-10H2,1H3,(H,18,20). The first-order valence-corrected chi connectivity index (χ1v) is 7.69. The molecule has 0 aromatic carbocycles. The van der Waals surface area contributed by atoms with Crippen molar-refractivity contribution in [1.82, 2.24) is 20.2 Å². The number of amides is 2. The highest BCUT2D eigenvalue weighted by molar-refractivity contribution is 5.92. The van der Waals surface area contributed by atoms with Crippen LogP contribution in [-0.2, 0) is 4.74 Å². The number of aromatic nitrogens is 2. The van der Waals surface area contributed by atoms with E-state index < -0.39 is 0 Å². The first-order chi connectivity index (χ1) is 10.7. The monoisotopic (exact) mass is 306 g/mol. The summed E-state index contributed by atoms with van der Waals surface area (Å²) >= 11 is 0. The van der Waals surface area contributed by atoms with Gasteiger partial charge in [0.05, 0.1) is 12.8 Å². The summed E-state index contributed by atoms with van der Waals surface area (Å²) in [5, 5.41) is 2.93. The van der Waals surface area contributed by atoms with Gasteiger partial charge < -0.3 is 15.0 Å². The summed E-state index contributed by atoms with van der Waals surface area (Å²) in [5.74, 6) is -0.225. The Hall–Kier alpha value is -2.18. The number of unbranched alkanes of at least 4 members (excludes halogenated alkanes) is 1. The van der Waals surface area contributed by atoms with Gasteiger partial charge in [-0.2, -0.15) is 0 Å². The molecule has 7 nitrogen and oxygen atoms in total. The summed E-state index contributed by atoms with van der Waals surface area (Å²) in [5.41, 5.74) is 0.309. The van der Waals surface area contributed by atoms with Crippen molar-refractivity contribution in [2.75, 3.05) is 19.7 Å². The number of rotatable bonds is 5. The molecule has 2 rings (SSSR count). The molecular weight excluding hydrogens is 284 g/mol. The van der Waals surface area contributed by atoms with E-state index in [1.165, 1.54) is 18.6 Å². The fraction of sp³-hybridized carbons (Fsp3) is 0.600. The molecule has 1 aromatic heterocycles. The maximum absolute atomic E-state index is 12.0. The molecule has 1 saturated heterocycles. The molecule has 22 heavy (non-hydrogen) atoms. The number of nitrogens with one attached hydrogen (secondary N) is 1. The summed E-state index contributed by atoms with van der Waals surface area (Å²) in [4.78, 5) is 33.3. The van der Waals surface area contributed by atoms with Crippen molar-refractivity contribution in [3.63, 3.8) is 0 Å². The lowest BCUT2D eigenvalue weighted by Gasteiger charge is -2.31. The molecule has 120 valence electrons. The maximum atomic E-state index is 12.0. The van der Waals surface area contributed by atoms with E-state index in [2.05, 4.69) is 22.2 Å². The Balaban J connectivity index is 1.73. The van der Waals surface area contributed by atoms with Gasteiger partial charge >= 0.3 is 6.09 Å². The zero-order valence-corrected chi connectivity index (χ0v) is 12.8. The van der Waals surface area contributed by atoms with Gasteiger partial charge in [0.2, 0.25) is 0 Å².